The van der Waals surface area contributed by atoms with E-state index in [1.807, 2.05) is 24.3 Å². The van der Waals surface area contributed by atoms with Gasteiger partial charge >= 0.3 is 23.9 Å². The Hall–Kier alpha value is -5.13. The average molecular weight is 1290 g/mol. The normalized spacial score (nSPS) is 40.3. The van der Waals surface area contributed by atoms with Crippen molar-refractivity contribution in [2.24, 2.45) is 113 Å². The first-order valence-electron chi connectivity index (χ1n) is 36.8. The van der Waals surface area contributed by atoms with Crippen LogP contribution in [0.4, 0.5) is 0 Å². The number of carbonyl (C=O) groups is 5. The summed E-state index contributed by atoms with van der Waals surface area (Å²) in [6, 6.07) is 14.9. The smallest absolute Gasteiger partial charge is 0.335 e. The first-order chi connectivity index (χ1) is 44.1. The quantitative estimate of drug-likeness (QED) is 0.0708. The Morgan fingerprint density at radius 2 is 0.894 bits per heavy atom. The number of nitrogens with one attached hydrogen (secondary N) is 1. The average Bonchev–Trinajstić information content (AvgIpc) is 1.01. The van der Waals surface area contributed by atoms with Crippen molar-refractivity contribution in [2.45, 2.75) is 217 Å². The van der Waals surface area contributed by atoms with E-state index in [2.05, 4.69) is 119 Å². The maximum Gasteiger partial charge on any atom is 0.335 e. The summed E-state index contributed by atoms with van der Waals surface area (Å²) in [5.74, 6) is 1.11. The fourth-order valence-electron chi connectivity index (χ4n) is 26.2. The second-order valence-corrected chi connectivity index (χ2v) is 35.7. The van der Waals surface area contributed by atoms with E-state index in [0.29, 0.717) is 53.1 Å². The molecule has 11 nitrogen and oxygen atoms in total. The molecule has 0 aliphatic heterocycles. The Kier molecular flexibility index (Phi) is 18.7. The van der Waals surface area contributed by atoms with Crippen LogP contribution in [0, 0.1) is 113 Å². The number of benzene rings is 2. The number of nitrogens with zero attached hydrogens (tertiary/aromatic N) is 1. The summed E-state index contributed by atoms with van der Waals surface area (Å²) in [6.07, 6.45) is 26.6. The molecule has 18 atom stereocenters. The summed E-state index contributed by atoms with van der Waals surface area (Å²) in [6.45, 7) is 38.7. The molecule has 11 heteroatoms. The molecule has 0 amide bonds. The summed E-state index contributed by atoms with van der Waals surface area (Å²) in [5, 5.41) is 44.2. The van der Waals surface area contributed by atoms with E-state index in [4.69, 9.17) is 0 Å². The number of fused-ring (bicyclic) bond motifs is 14. The number of Topliss-reactive ketones (excluding diaryl/α,β-unsaturated/α-hetero) is 1. The van der Waals surface area contributed by atoms with E-state index in [-0.39, 0.29) is 72.8 Å². The van der Waals surface area contributed by atoms with Crippen LogP contribution in [0.2, 0.25) is 0 Å². The third kappa shape index (κ3) is 10.9. The number of ketones is 1. The highest BCUT2D eigenvalue weighted by atomic mass is 16.4. The maximum absolute atomic E-state index is 13.2. The number of allylic oxidation sites excluding steroid dienone is 5. The number of hydrogen-bond acceptors (Lipinski definition) is 7. The van der Waals surface area contributed by atoms with E-state index in [1.54, 1.807) is 31.2 Å². The SMILES string of the molecule is C=C(CCCCC(C)=O)[C@@H]1CC[C@]2(C(=O)O)CC[C@]3(C)[C@H](CC[C@@H]4[C@@]5(C)CC=C(c6ccc(C(=O)O)cc6)C(C)(C)[C@@H]5CC[C@]43C)[C@@H]12.C=C(CNCCN(C)C)[C@@H]1CC[C@]2(C(=O)O)CC[C@]3(C)[C@H](CC[C@@H]4[C@@]5(C)CC=C(c6ccc(C(=O)O)cc6)C(C)(C)[C@@H]5CC[C@]43C)[C@@H]12. The van der Waals surface area contributed by atoms with Crippen molar-refractivity contribution in [3.05, 3.63) is 107 Å². The summed E-state index contributed by atoms with van der Waals surface area (Å²) >= 11 is 0. The van der Waals surface area contributed by atoms with Crippen molar-refractivity contribution in [3.63, 3.8) is 0 Å². The Morgan fingerprint density at radius 1 is 0.489 bits per heavy atom. The van der Waals surface area contributed by atoms with Gasteiger partial charge in [0, 0.05) is 26.1 Å². The van der Waals surface area contributed by atoms with Crippen LogP contribution in [0.5, 0.6) is 0 Å². The van der Waals surface area contributed by atoms with Gasteiger partial charge < -0.3 is 35.4 Å². The van der Waals surface area contributed by atoms with Crippen molar-refractivity contribution in [1.29, 1.82) is 0 Å². The van der Waals surface area contributed by atoms with Crippen LogP contribution in [0.15, 0.2) is 85.0 Å². The van der Waals surface area contributed by atoms with Gasteiger partial charge in [-0.05, 0) is 305 Å². The maximum atomic E-state index is 13.2. The molecule has 5 N–H and O–H groups in total. The molecule has 8 saturated carbocycles. The summed E-state index contributed by atoms with van der Waals surface area (Å²) < 4.78 is 0. The van der Waals surface area contributed by atoms with Crippen LogP contribution in [-0.4, -0.2) is 88.7 Å². The van der Waals surface area contributed by atoms with E-state index in [1.165, 1.54) is 48.0 Å². The fraction of sp³-hybridized carbons (Fsp3) is 0.699. The highest BCUT2D eigenvalue weighted by Crippen LogP contribution is 2.80. The molecule has 10 aliphatic rings. The van der Waals surface area contributed by atoms with Crippen LogP contribution < -0.4 is 5.32 Å². The van der Waals surface area contributed by atoms with Gasteiger partial charge in [0.1, 0.15) is 5.78 Å². The van der Waals surface area contributed by atoms with Gasteiger partial charge in [0.25, 0.3) is 0 Å². The number of aliphatic carboxylic acids is 2. The Bertz CT molecular complexity index is 3370. The molecule has 10 aliphatic carbocycles. The van der Waals surface area contributed by atoms with Gasteiger partial charge in [-0.15, -0.1) is 0 Å². The largest absolute Gasteiger partial charge is 0.481 e. The molecule has 0 radical (unpaired) electrons. The number of unbranched alkanes of at least 4 members (excludes halogenated alkanes) is 1. The van der Waals surface area contributed by atoms with E-state index < -0.39 is 34.7 Å². The van der Waals surface area contributed by atoms with Crippen molar-refractivity contribution < 1.29 is 44.4 Å². The van der Waals surface area contributed by atoms with Crippen LogP contribution in [0.25, 0.3) is 11.1 Å². The number of carboxylic acids is 4. The van der Waals surface area contributed by atoms with Crippen LogP contribution in [0.1, 0.15) is 249 Å². The molecule has 0 unspecified atom stereocenters. The highest BCUT2D eigenvalue weighted by molar-refractivity contribution is 5.89. The zero-order chi connectivity index (χ0) is 68.3. The van der Waals surface area contributed by atoms with Crippen molar-refractivity contribution in [3.8, 4) is 0 Å². The monoisotopic (exact) mass is 1290 g/mol. The number of likely N-dealkylation sites (N-methyl/N-ethyl adjacent to an activating group) is 1. The first-order valence-corrected chi connectivity index (χ1v) is 36.8. The molecular weight excluding hydrogens is 1170 g/mol. The minimum atomic E-state index is -0.891. The van der Waals surface area contributed by atoms with Gasteiger partial charge in [0.15, 0.2) is 0 Å². The Labute approximate surface area is 564 Å². The van der Waals surface area contributed by atoms with Crippen molar-refractivity contribution >= 4 is 40.8 Å². The molecular formula is C83H118N2O9. The molecule has 94 heavy (non-hydrogen) atoms. The van der Waals surface area contributed by atoms with Gasteiger partial charge in [0.05, 0.1) is 22.0 Å². The molecule has 0 bridgehead atoms. The van der Waals surface area contributed by atoms with Crippen LogP contribution in [0.3, 0.4) is 0 Å². The van der Waals surface area contributed by atoms with E-state index in [0.717, 1.165) is 140 Å². The third-order valence-electron chi connectivity index (χ3n) is 31.2. The zero-order valence-electron chi connectivity index (χ0n) is 59.9. The van der Waals surface area contributed by atoms with E-state index in [9.17, 15) is 44.4 Å². The Balaban J connectivity index is 0.000000192. The van der Waals surface area contributed by atoms with Gasteiger partial charge in [-0.2, -0.15) is 0 Å². The van der Waals surface area contributed by atoms with Crippen molar-refractivity contribution in [1.82, 2.24) is 10.2 Å². The molecule has 0 saturated heterocycles. The fourth-order valence-corrected chi connectivity index (χ4v) is 26.2. The summed E-state index contributed by atoms with van der Waals surface area (Å²) in [5.41, 5.74) is 7.51. The van der Waals surface area contributed by atoms with Gasteiger partial charge in [-0.1, -0.05) is 130 Å². The van der Waals surface area contributed by atoms with Crippen LogP contribution >= 0.6 is 0 Å². The lowest BCUT2D eigenvalue weighted by Gasteiger charge is -2.72. The topological polar surface area (TPSA) is 182 Å². The molecule has 2 aromatic carbocycles. The standard InChI is InChI=1S/C42H58O5.C41H60N2O4/c1-26(10-8-9-11-27(2)43)30-18-23-42(37(46)47)25-24-40(6)32(35(30)42)16-17-34-39(5)21-19-31(28-12-14-29(15-13-28)36(44)45)38(3,4)33(39)20-22-41(34,40)7;1-26(25-42-23-24-43(7)8)29-15-20-41(36(46)47)22-21-39(5)31(34(29)41)13-14-33-38(4)18-16-30(27-9-11-28(12-10-27)35(44)45)37(2,3)32(38)17-19-40(33,39)6/h12-15,19,30,32-35H,1,8-11,16-18,20-25H2,2-7H3,(H,44,45)(H,46,47);9-12,16,29,31-34,42H,1,13-15,17-25H2,2-8H3,(H,44,45)(H,46,47)/t30-,32+,33-,34+,35+,39-,40+,41+,42-;29-,31+,32-,33+,34+,38-,39+,40+,41-/m00/s1. The van der Waals surface area contributed by atoms with Crippen LogP contribution in [-0.2, 0) is 14.4 Å². The predicted octanol–water partition coefficient (Wildman–Crippen LogP) is 18.5. The number of carboxylic acid groups (broad SMARTS) is 4. The molecule has 12 rings (SSSR count). The molecule has 8 fully saturated rings. The minimum absolute atomic E-state index is 0.0320. The molecule has 0 heterocycles. The highest BCUT2D eigenvalue weighted by Gasteiger charge is 2.74. The lowest BCUT2D eigenvalue weighted by Crippen LogP contribution is -2.66. The zero-order valence-corrected chi connectivity index (χ0v) is 59.9. The lowest BCUT2D eigenvalue weighted by atomic mass is 9.32. The number of hydrogen-bond donors (Lipinski definition) is 5. The minimum Gasteiger partial charge on any atom is -0.481 e. The molecule has 0 aromatic heterocycles. The third-order valence-corrected chi connectivity index (χ3v) is 31.2. The lowest BCUT2D eigenvalue weighted by molar-refractivity contribution is -0.228. The molecule has 2 aromatic rings. The number of carbonyl (C=O) groups excluding carboxylic acids is 1. The molecule has 0 spiro atoms. The number of aromatic carboxylic acids is 2. The summed E-state index contributed by atoms with van der Waals surface area (Å²) in [7, 11) is 4.18. The predicted molar refractivity (Wildman–Crippen MR) is 376 cm³/mol. The number of rotatable bonds is 18. The van der Waals surface area contributed by atoms with Crippen molar-refractivity contribution in [2.75, 3.05) is 33.7 Å². The second-order valence-electron chi connectivity index (χ2n) is 35.7. The first kappa shape index (κ1) is 70.2. The van der Waals surface area contributed by atoms with Gasteiger partial charge in [0.2, 0.25) is 0 Å². The second kappa shape index (κ2) is 25.0. The van der Waals surface area contributed by atoms with E-state index >= 15 is 0 Å². The van der Waals surface area contributed by atoms with Gasteiger partial charge in [-0.3, -0.25) is 9.59 Å². The Morgan fingerprint density at radius 3 is 1.28 bits per heavy atom. The summed E-state index contributed by atoms with van der Waals surface area (Å²) in [4.78, 5) is 63.2. The van der Waals surface area contributed by atoms with Gasteiger partial charge in [-0.25, -0.2) is 9.59 Å². The molecule has 514 valence electrons.